The highest BCUT2D eigenvalue weighted by atomic mass is 32.1. The SMILES string of the molecule is Cc1ccc(COc2ccc(/C=N\NC(=S)Nc3cccc(C)c3)cc2)cc1. The summed E-state index contributed by atoms with van der Waals surface area (Å²) in [5.41, 5.74) is 8.27. The zero-order chi connectivity index (χ0) is 19.8. The van der Waals surface area contributed by atoms with Crippen molar-refractivity contribution in [2.45, 2.75) is 20.5 Å². The molecule has 3 aromatic rings. The molecule has 0 fully saturated rings. The first kappa shape index (κ1) is 19.6. The fourth-order valence-corrected chi connectivity index (χ4v) is 2.72. The smallest absolute Gasteiger partial charge is 0.191 e. The van der Waals surface area contributed by atoms with Gasteiger partial charge in [0.2, 0.25) is 0 Å². The molecular weight excluding hydrogens is 366 g/mol. The minimum atomic E-state index is 0.444. The average molecular weight is 390 g/mol. The van der Waals surface area contributed by atoms with Crippen molar-refractivity contribution in [3.05, 3.63) is 95.1 Å². The highest BCUT2D eigenvalue weighted by molar-refractivity contribution is 7.80. The van der Waals surface area contributed by atoms with Crippen LogP contribution in [0.25, 0.3) is 0 Å². The van der Waals surface area contributed by atoms with Gasteiger partial charge in [-0.15, -0.1) is 0 Å². The van der Waals surface area contributed by atoms with Crippen LogP contribution in [0.1, 0.15) is 22.3 Å². The van der Waals surface area contributed by atoms with E-state index in [9.17, 15) is 0 Å². The molecule has 3 rings (SSSR count). The molecule has 0 saturated carbocycles. The first-order valence-corrected chi connectivity index (χ1v) is 9.44. The van der Waals surface area contributed by atoms with Crippen molar-refractivity contribution in [3.8, 4) is 5.75 Å². The molecule has 0 aliphatic carbocycles. The highest BCUT2D eigenvalue weighted by Gasteiger charge is 1.98. The number of nitrogens with zero attached hydrogens (tertiary/aromatic N) is 1. The number of hydrogen-bond donors (Lipinski definition) is 2. The van der Waals surface area contributed by atoms with Gasteiger partial charge in [0, 0.05) is 5.69 Å². The Morgan fingerprint density at radius 3 is 2.43 bits per heavy atom. The second-order valence-corrected chi connectivity index (χ2v) is 6.95. The Labute approximate surface area is 171 Å². The van der Waals surface area contributed by atoms with Crippen LogP contribution in [-0.2, 0) is 6.61 Å². The number of benzene rings is 3. The van der Waals surface area contributed by atoms with Gasteiger partial charge in [0.05, 0.1) is 6.21 Å². The number of nitrogens with one attached hydrogen (secondary N) is 2. The molecule has 142 valence electrons. The molecule has 0 aromatic heterocycles. The van der Waals surface area contributed by atoms with E-state index in [1.807, 2.05) is 55.5 Å². The Morgan fingerprint density at radius 1 is 0.964 bits per heavy atom. The summed E-state index contributed by atoms with van der Waals surface area (Å²) in [4.78, 5) is 0. The first-order chi connectivity index (χ1) is 13.6. The van der Waals surface area contributed by atoms with Gasteiger partial charge in [-0.3, -0.25) is 5.43 Å². The maximum atomic E-state index is 5.81. The summed E-state index contributed by atoms with van der Waals surface area (Å²) >= 11 is 5.25. The first-order valence-electron chi connectivity index (χ1n) is 9.04. The van der Waals surface area contributed by atoms with Crippen LogP contribution in [0.15, 0.2) is 77.9 Å². The molecule has 28 heavy (non-hydrogen) atoms. The summed E-state index contributed by atoms with van der Waals surface area (Å²) in [6.45, 7) is 4.66. The quantitative estimate of drug-likeness (QED) is 0.345. The van der Waals surface area contributed by atoms with Crippen molar-refractivity contribution in [3.63, 3.8) is 0 Å². The van der Waals surface area contributed by atoms with Gasteiger partial charge in [0.25, 0.3) is 0 Å². The molecule has 0 amide bonds. The normalized spacial score (nSPS) is 10.6. The molecule has 0 saturated heterocycles. The lowest BCUT2D eigenvalue weighted by molar-refractivity contribution is 0.306. The molecule has 0 bridgehead atoms. The lowest BCUT2D eigenvalue weighted by Crippen LogP contribution is -2.23. The maximum Gasteiger partial charge on any atom is 0.191 e. The minimum absolute atomic E-state index is 0.444. The molecule has 0 aliphatic heterocycles. The third-order valence-corrected chi connectivity index (χ3v) is 4.26. The number of anilines is 1. The van der Waals surface area contributed by atoms with E-state index >= 15 is 0 Å². The monoisotopic (exact) mass is 389 g/mol. The van der Waals surface area contributed by atoms with Crippen molar-refractivity contribution in [2.24, 2.45) is 5.10 Å². The van der Waals surface area contributed by atoms with Crippen LogP contribution in [0.5, 0.6) is 5.75 Å². The third kappa shape index (κ3) is 6.21. The average Bonchev–Trinajstić information content (AvgIpc) is 2.68. The zero-order valence-electron chi connectivity index (χ0n) is 16.0. The third-order valence-electron chi connectivity index (χ3n) is 4.06. The minimum Gasteiger partial charge on any atom is -0.489 e. The van der Waals surface area contributed by atoms with Crippen molar-refractivity contribution < 1.29 is 4.74 Å². The Balaban J connectivity index is 1.46. The molecular formula is C23H23N3OS. The lowest BCUT2D eigenvalue weighted by atomic mass is 10.2. The number of hydrogen-bond acceptors (Lipinski definition) is 3. The van der Waals surface area contributed by atoms with E-state index in [0.29, 0.717) is 11.7 Å². The number of aryl methyl sites for hydroxylation is 2. The summed E-state index contributed by atoms with van der Waals surface area (Å²) in [6, 6.07) is 24.1. The van der Waals surface area contributed by atoms with Gasteiger partial charge in [-0.1, -0.05) is 42.0 Å². The Kier molecular flexibility index (Phi) is 6.76. The number of hydrazone groups is 1. The van der Waals surface area contributed by atoms with Gasteiger partial charge < -0.3 is 10.1 Å². The molecule has 0 unspecified atom stereocenters. The van der Waals surface area contributed by atoms with Crippen LogP contribution in [0.3, 0.4) is 0 Å². The van der Waals surface area contributed by atoms with Crippen LogP contribution >= 0.6 is 12.2 Å². The van der Waals surface area contributed by atoms with E-state index in [4.69, 9.17) is 17.0 Å². The van der Waals surface area contributed by atoms with E-state index in [0.717, 1.165) is 22.6 Å². The van der Waals surface area contributed by atoms with Crippen molar-refractivity contribution in [2.75, 3.05) is 5.32 Å². The predicted octanol–water partition coefficient (Wildman–Crippen LogP) is 5.20. The summed E-state index contributed by atoms with van der Waals surface area (Å²) < 4.78 is 5.81. The van der Waals surface area contributed by atoms with Gasteiger partial charge in [-0.25, -0.2) is 0 Å². The predicted molar refractivity (Wildman–Crippen MR) is 120 cm³/mol. The maximum absolute atomic E-state index is 5.81. The van der Waals surface area contributed by atoms with Crippen LogP contribution in [0.2, 0.25) is 0 Å². The molecule has 2 N–H and O–H groups in total. The second kappa shape index (κ2) is 9.67. The fourth-order valence-electron chi connectivity index (χ4n) is 2.55. The summed E-state index contributed by atoms with van der Waals surface area (Å²) in [6.07, 6.45) is 1.72. The van der Waals surface area contributed by atoms with Crippen LogP contribution in [0, 0.1) is 13.8 Å². The topological polar surface area (TPSA) is 45.6 Å². The van der Waals surface area contributed by atoms with Crippen molar-refractivity contribution in [1.29, 1.82) is 0 Å². The molecule has 0 radical (unpaired) electrons. The molecule has 0 atom stereocenters. The number of rotatable bonds is 6. The standard InChI is InChI=1S/C23H23N3OS/c1-17-6-8-20(9-7-17)16-27-22-12-10-19(11-13-22)15-24-26-23(28)25-21-5-3-4-18(2)14-21/h3-15H,16H2,1-2H3,(H2,25,26,28)/b24-15-. The Bertz CT molecular complexity index is 950. The molecule has 5 heteroatoms. The van der Waals surface area contributed by atoms with E-state index in [-0.39, 0.29) is 0 Å². The van der Waals surface area contributed by atoms with Gasteiger partial charge >= 0.3 is 0 Å². The molecule has 3 aromatic carbocycles. The van der Waals surface area contributed by atoms with Gasteiger partial charge in [-0.2, -0.15) is 5.10 Å². The van der Waals surface area contributed by atoms with Crippen molar-refractivity contribution in [1.82, 2.24) is 5.43 Å². The van der Waals surface area contributed by atoms with Gasteiger partial charge in [0.15, 0.2) is 5.11 Å². The molecule has 0 heterocycles. The van der Waals surface area contributed by atoms with E-state index < -0.39 is 0 Å². The fraction of sp³-hybridized carbons (Fsp3) is 0.130. The summed E-state index contributed by atoms with van der Waals surface area (Å²) in [5.74, 6) is 0.822. The van der Waals surface area contributed by atoms with Crippen LogP contribution in [0.4, 0.5) is 5.69 Å². The highest BCUT2D eigenvalue weighted by Crippen LogP contribution is 2.14. The van der Waals surface area contributed by atoms with Crippen molar-refractivity contribution >= 4 is 29.2 Å². The van der Waals surface area contributed by atoms with Gasteiger partial charge in [0.1, 0.15) is 12.4 Å². The molecule has 0 spiro atoms. The second-order valence-electron chi connectivity index (χ2n) is 6.54. The van der Waals surface area contributed by atoms with E-state index in [1.165, 1.54) is 11.1 Å². The number of ether oxygens (including phenoxy) is 1. The molecule has 0 aliphatic rings. The zero-order valence-corrected chi connectivity index (χ0v) is 16.8. The van der Waals surface area contributed by atoms with Crippen LogP contribution in [-0.4, -0.2) is 11.3 Å². The Morgan fingerprint density at radius 2 is 1.71 bits per heavy atom. The van der Waals surface area contributed by atoms with E-state index in [1.54, 1.807) is 6.21 Å². The summed E-state index contributed by atoms with van der Waals surface area (Å²) in [5, 5.41) is 7.72. The van der Waals surface area contributed by atoms with E-state index in [2.05, 4.69) is 47.0 Å². The van der Waals surface area contributed by atoms with Gasteiger partial charge in [-0.05, 0) is 79.2 Å². The number of thiocarbonyl (C=S) groups is 1. The Hall–Kier alpha value is -3.18. The molecule has 4 nitrogen and oxygen atoms in total. The summed E-state index contributed by atoms with van der Waals surface area (Å²) in [7, 11) is 0. The largest absolute Gasteiger partial charge is 0.489 e. The lowest BCUT2D eigenvalue weighted by Gasteiger charge is -2.08. The van der Waals surface area contributed by atoms with Crippen LogP contribution < -0.4 is 15.5 Å².